The maximum absolute atomic E-state index is 14.2. The van der Waals surface area contributed by atoms with Crippen LogP contribution in [0.5, 0.6) is 0 Å². The van der Waals surface area contributed by atoms with Crippen molar-refractivity contribution in [1.29, 1.82) is 0 Å². The molecule has 1 aromatic carbocycles. The summed E-state index contributed by atoms with van der Waals surface area (Å²) in [6.07, 6.45) is 0.740. The Kier molecular flexibility index (Phi) is 4.84. The van der Waals surface area contributed by atoms with Gasteiger partial charge in [-0.1, -0.05) is 39.8 Å². The zero-order valence-corrected chi connectivity index (χ0v) is 15.7. The van der Waals surface area contributed by atoms with E-state index >= 15 is 0 Å². The van der Waals surface area contributed by atoms with Crippen molar-refractivity contribution < 1.29 is 9.18 Å². The first-order valence-electron chi connectivity index (χ1n) is 8.97. The van der Waals surface area contributed by atoms with Crippen LogP contribution in [0.15, 0.2) is 24.3 Å². The smallest absolute Gasteiger partial charge is 0.293 e. The van der Waals surface area contributed by atoms with Crippen molar-refractivity contribution in [2.24, 2.45) is 11.1 Å². The average Bonchev–Trinajstić information content (AvgIpc) is 3.02. The van der Waals surface area contributed by atoms with E-state index in [0.717, 1.165) is 6.42 Å². The highest BCUT2D eigenvalue weighted by molar-refractivity contribution is 5.90. The molecule has 1 aliphatic heterocycles. The van der Waals surface area contributed by atoms with Crippen LogP contribution in [0.2, 0.25) is 0 Å². The van der Waals surface area contributed by atoms with Crippen molar-refractivity contribution in [3.8, 4) is 5.69 Å². The van der Waals surface area contributed by atoms with Crippen molar-refractivity contribution in [2.75, 3.05) is 13.1 Å². The molecule has 2 aromatic rings. The van der Waals surface area contributed by atoms with Crippen LogP contribution in [0.25, 0.3) is 5.69 Å². The fourth-order valence-electron chi connectivity index (χ4n) is 3.28. The van der Waals surface area contributed by atoms with Crippen molar-refractivity contribution in [3.63, 3.8) is 0 Å². The Balaban J connectivity index is 1.95. The van der Waals surface area contributed by atoms with Gasteiger partial charge in [0.05, 0.1) is 0 Å². The molecule has 6 nitrogen and oxygen atoms in total. The number of halogens is 1. The number of likely N-dealkylation sites (tertiary alicyclic amines) is 1. The van der Waals surface area contributed by atoms with Gasteiger partial charge in [-0.2, -0.15) is 0 Å². The number of rotatable bonds is 3. The minimum absolute atomic E-state index is 0.00475. The third-order valence-electron chi connectivity index (χ3n) is 5.02. The molecule has 1 saturated heterocycles. The lowest BCUT2D eigenvalue weighted by molar-refractivity contribution is 0.0521. The summed E-state index contributed by atoms with van der Waals surface area (Å²) in [7, 11) is 0. The second kappa shape index (κ2) is 6.79. The lowest BCUT2D eigenvalue weighted by atomic mass is 9.79. The molecule has 7 heteroatoms. The van der Waals surface area contributed by atoms with Gasteiger partial charge in [-0.05, 0) is 24.0 Å². The molecule has 1 atom stereocenters. The number of amides is 1. The second-order valence-corrected chi connectivity index (χ2v) is 7.92. The Bertz CT molecular complexity index is 814. The van der Waals surface area contributed by atoms with Crippen molar-refractivity contribution in [1.82, 2.24) is 19.7 Å². The molecule has 1 unspecified atom stereocenters. The topological polar surface area (TPSA) is 77.0 Å². The summed E-state index contributed by atoms with van der Waals surface area (Å²) in [5.41, 5.74) is 6.29. The lowest BCUT2D eigenvalue weighted by Crippen LogP contribution is -2.54. The van der Waals surface area contributed by atoms with Crippen LogP contribution < -0.4 is 5.73 Å². The minimum atomic E-state index is -0.400. The van der Waals surface area contributed by atoms with E-state index in [0.29, 0.717) is 24.6 Å². The molecule has 2 heterocycles. The molecule has 140 valence electrons. The number of nitrogens with zero attached hydrogens (tertiary/aromatic N) is 4. The second-order valence-electron chi connectivity index (χ2n) is 7.92. The van der Waals surface area contributed by atoms with Crippen LogP contribution in [0.4, 0.5) is 4.39 Å². The summed E-state index contributed by atoms with van der Waals surface area (Å²) in [4.78, 5) is 19.1. The Hall–Kier alpha value is -2.28. The molecule has 0 radical (unpaired) electrons. The van der Waals surface area contributed by atoms with Crippen molar-refractivity contribution in [3.05, 3.63) is 41.7 Å². The van der Waals surface area contributed by atoms with E-state index in [1.807, 2.05) is 13.8 Å². The number of aromatic nitrogens is 3. The zero-order valence-electron chi connectivity index (χ0n) is 15.7. The average molecular weight is 359 g/mol. The van der Waals surface area contributed by atoms with E-state index in [2.05, 4.69) is 23.9 Å². The van der Waals surface area contributed by atoms with Crippen LogP contribution in [-0.4, -0.2) is 44.7 Å². The number of carbonyl (C=O) groups is 1. The molecule has 1 aliphatic rings. The molecule has 26 heavy (non-hydrogen) atoms. The fraction of sp³-hybridized carbons (Fsp3) is 0.526. The number of hydrogen-bond donors (Lipinski definition) is 1. The van der Waals surface area contributed by atoms with Crippen LogP contribution >= 0.6 is 0 Å². The molecule has 0 aliphatic carbocycles. The molecular formula is C19H26FN5O. The molecule has 0 bridgehead atoms. The van der Waals surface area contributed by atoms with E-state index in [9.17, 15) is 9.18 Å². The summed E-state index contributed by atoms with van der Waals surface area (Å²) in [6.45, 7) is 9.13. The highest BCUT2D eigenvalue weighted by atomic mass is 19.1. The Morgan fingerprint density at radius 1 is 1.35 bits per heavy atom. The van der Waals surface area contributed by atoms with Crippen molar-refractivity contribution >= 4 is 5.91 Å². The van der Waals surface area contributed by atoms with Crippen LogP contribution in [0.3, 0.4) is 0 Å². The monoisotopic (exact) mass is 359 g/mol. The third kappa shape index (κ3) is 3.35. The van der Waals surface area contributed by atoms with E-state index in [1.54, 1.807) is 23.1 Å². The number of benzene rings is 1. The van der Waals surface area contributed by atoms with Gasteiger partial charge in [0.2, 0.25) is 5.82 Å². The predicted octanol–water partition coefficient (Wildman–Crippen LogP) is 2.73. The molecule has 1 aromatic heterocycles. The van der Waals surface area contributed by atoms with E-state index in [-0.39, 0.29) is 29.1 Å². The molecule has 2 N–H and O–H groups in total. The first-order chi connectivity index (χ1) is 12.2. The van der Waals surface area contributed by atoms with Gasteiger partial charge in [-0.3, -0.25) is 4.79 Å². The molecule has 1 amide bonds. The summed E-state index contributed by atoms with van der Waals surface area (Å²) < 4.78 is 15.7. The van der Waals surface area contributed by atoms with Gasteiger partial charge in [-0.15, -0.1) is 5.10 Å². The SMILES string of the molecule is CC(C)c1nc(C(=O)N2CCC(N)C(C)(C)C2)nn1-c1ccccc1F. The van der Waals surface area contributed by atoms with Gasteiger partial charge in [0.15, 0.2) is 0 Å². The third-order valence-corrected chi connectivity index (χ3v) is 5.02. The first-order valence-corrected chi connectivity index (χ1v) is 8.97. The normalized spacial score (nSPS) is 19.8. The van der Waals surface area contributed by atoms with E-state index < -0.39 is 5.82 Å². The molecule has 3 rings (SSSR count). The summed E-state index contributed by atoms with van der Waals surface area (Å²) in [5.74, 6) is 0.0230. The molecule has 1 fully saturated rings. The number of piperidine rings is 1. The van der Waals surface area contributed by atoms with E-state index in [1.165, 1.54) is 10.7 Å². The summed E-state index contributed by atoms with van der Waals surface area (Å²) >= 11 is 0. The maximum atomic E-state index is 14.2. The maximum Gasteiger partial charge on any atom is 0.293 e. The quantitative estimate of drug-likeness (QED) is 0.914. The minimum Gasteiger partial charge on any atom is -0.335 e. The standard InChI is InChI=1S/C19H26FN5O/c1-12(2)17-22-16(23-25(17)14-8-6-5-7-13(14)20)18(26)24-10-9-15(21)19(3,4)11-24/h5-8,12,15H,9-11,21H2,1-4H3. The Labute approximate surface area is 153 Å². The van der Waals surface area contributed by atoms with E-state index in [4.69, 9.17) is 5.73 Å². The van der Waals surface area contributed by atoms with Crippen LogP contribution in [-0.2, 0) is 0 Å². The van der Waals surface area contributed by atoms with Gasteiger partial charge in [0, 0.05) is 25.0 Å². The highest BCUT2D eigenvalue weighted by Gasteiger charge is 2.37. The van der Waals surface area contributed by atoms with Gasteiger partial charge in [-0.25, -0.2) is 14.1 Å². The molecule has 0 spiro atoms. The van der Waals surface area contributed by atoms with Gasteiger partial charge < -0.3 is 10.6 Å². The number of para-hydroxylation sites is 1. The van der Waals surface area contributed by atoms with Gasteiger partial charge in [0.25, 0.3) is 5.91 Å². The summed E-state index contributed by atoms with van der Waals surface area (Å²) in [5, 5.41) is 4.35. The van der Waals surface area contributed by atoms with Gasteiger partial charge >= 0.3 is 0 Å². The predicted molar refractivity (Wildman–Crippen MR) is 97.7 cm³/mol. The highest BCUT2D eigenvalue weighted by Crippen LogP contribution is 2.28. The Morgan fingerprint density at radius 3 is 2.65 bits per heavy atom. The van der Waals surface area contributed by atoms with Crippen LogP contribution in [0, 0.1) is 11.2 Å². The number of nitrogens with two attached hydrogens (primary N) is 1. The van der Waals surface area contributed by atoms with Gasteiger partial charge in [0.1, 0.15) is 17.3 Å². The van der Waals surface area contributed by atoms with Crippen molar-refractivity contribution in [2.45, 2.75) is 46.1 Å². The largest absolute Gasteiger partial charge is 0.335 e. The zero-order chi connectivity index (χ0) is 19.1. The van der Waals surface area contributed by atoms with Crippen LogP contribution in [0.1, 0.15) is 56.5 Å². The first kappa shape index (κ1) is 18.5. The number of carbonyl (C=O) groups excluding carboxylic acids is 1. The fourth-order valence-corrected chi connectivity index (χ4v) is 3.28. The summed E-state index contributed by atoms with van der Waals surface area (Å²) in [6, 6.07) is 6.42. The molecular weight excluding hydrogens is 333 g/mol. The lowest BCUT2D eigenvalue weighted by Gasteiger charge is -2.42. The molecule has 0 saturated carbocycles. The Morgan fingerprint density at radius 2 is 2.04 bits per heavy atom. The number of hydrogen-bond acceptors (Lipinski definition) is 4.